The number of aromatic amines is 1. The fourth-order valence-corrected chi connectivity index (χ4v) is 2.78. The molecule has 0 saturated carbocycles. The first-order valence-electron chi connectivity index (χ1n) is 7.02. The summed E-state index contributed by atoms with van der Waals surface area (Å²) in [5.41, 5.74) is 3.40. The van der Waals surface area contributed by atoms with Crippen LogP contribution in [0.15, 0.2) is 24.3 Å². The van der Waals surface area contributed by atoms with Gasteiger partial charge in [-0.1, -0.05) is 23.7 Å². The van der Waals surface area contributed by atoms with Gasteiger partial charge < -0.3 is 10.2 Å². The predicted molar refractivity (Wildman–Crippen MR) is 83.5 cm³/mol. The van der Waals surface area contributed by atoms with Gasteiger partial charge >= 0.3 is 0 Å². The zero-order chi connectivity index (χ0) is 13.9. The Hall–Kier alpha value is -1.52. The second kappa shape index (κ2) is 5.85. The number of hydrogen-bond acceptors (Lipinski definition) is 3. The van der Waals surface area contributed by atoms with Crippen LogP contribution in [0.1, 0.15) is 12.0 Å². The number of aromatic nitrogens is 2. The summed E-state index contributed by atoms with van der Waals surface area (Å²) in [6, 6.07) is 7.87. The Bertz CT molecular complexity index is 568. The van der Waals surface area contributed by atoms with Gasteiger partial charge in [-0.2, -0.15) is 5.10 Å². The highest BCUT2D eigenvalue weighted by Crippen LogP contribution is 2.29. The number of nitrogens with one attached hydrogen (secondary N) is 2. The molecule has 106 valence electrons. The lowest BCUT2D eigenvalue weighted by Gasteiger charge is -2.20. The zero-order valence-corrected chi connectivity index (χ0v) is 12.4. The van der Waals surface area contributed by atoms with E-state index in [0.29, 0.717) is 0 Å². The van der Waals surface area contributed by atoms with Crippen LogP contribution in [0.2, 0.25) is 5.02 Å². The number of benzene rings is 1. The normalized spacial score (nSPS) is 16.2. The minimum atomic E-state index is 0.754. The van der Waals surface area contributed by atoms with Crippen molar-refractivity contribution in [2.24, 2.45) is 0 Å². The van der Waals surface area contributed by atoms with E-state index in [0.717, 1.165) is 54.7 Å². The second-order valence-corrected chi connectivity index (χ2v) is 5.58. The molecule has 4 nitrogen and oxygen atoms in total. The van der Waals surface area contributed by atoms with Crippen LogP contribution >= 0.6 is 11.6 Å². The van der Waals surface area contributed by atoms with Crippen LogP contribution in [-0.4, -0.2) is 36.4 Å². The molecule has 0 aliphatic carbocycles. The molecule has 0 amide bonds. The molecule has 5 heteroatoms. The third-order valence-electron chi connectivity index (χ3n) is 3.76. The molecule has 20 heavy (non-hydrogen) atoms. The predicted octanol–water partition coefficient (Wildman–Crippen LogP) is 2.84. The first-order chi connectivity index (χ1) is 9.75. The Morgan fingerprint density at radius 1 is 1.15 bits per heavy atom. The maximum atomic E-state index is 5.94. The first kappa shape index (κ1) is 13.5. The summed E-state index contributed by atoms with van der Waals surface area (Å²) in [7, 11) is 0. The van der Waals surface area contributed by atoms with E-state index < -0.39 is 0 Å². The number of anilines is 1. The molecular weight excluding hydrogens is 272 g/mol. The molecule has 1 aliphatic rings. The van der Waals surface area contributed by atoms with Crippen molar-refractivity contribution < 1.29 is 0 Å². The van der Waals surface area contributed by atoms with Crippen molar-refractivity contribution in [1.29, 1.82) is 0 Å². The topological polar surface area (TPSA) is 44.0 Å². The van der Waals surface area contributed by atoms with Gasteiger partial charge in [-0.3, -0.25) is 5.10 Å². The van der Waals surface area contributed by atoms with E-state index >= 15 is 0 Å². The van der Waals surface area contributed by atoms with Crippen molar-refractivity contribution in [3.63, 3.8) is 0 Å². The third-order valence-corrected chi connectivity index (χ3v) is 4.01. The summed E-state index contributed by atoms with van der Waals surface area (Å²) < 4.78 is 0. The van der Waals surface area contributed by atoms with Gasteiger partial charge in [0.2, 0.25) is 0 Å². The molecule has 0 atom stereocenters. The van der Waals surface area contributed by atoms with Crippen molar-refractivity contribution in [1.82, 2.24) is 15.5 Å². The van der Waals surface area contributed by atoms with Crippen molar-refractivity contribution in [3.05, 3.63) is 34.9 Å². The van der Waals surface area contributed by atoms with Gasteiger partial charge in [0.15, 0.2) is 5.82 Å². The Morgan fingerprint density at radius 3 is 2.75 bits per heavy atom. The Morgan fingerprint density at radius 2 is 1.95 bits per heavy atom. The molecule has 0 bridgehead atoms. The fraction of sp³-hybridized carbons (Fsp3) is 0.400. The number of H-pyrrole nitrogens is 1. The second-order valence-electron chi connectivity index (χ2n) is 5.14. The lowest BCUT2D eigenvalue weighted by atomic mass is 10.1. The third kappa shape index (κ3) is 2.67. The minimum Gasteiger partial charge on any atom is -0.354 e. The monoisotopic (exact) mass is 290 g/mol. The Balaban J connectivity index is 1.89. The van der Waals surface area contributed by atoms with Crippen LogP contribution in [0.4, 0.5) is 5.82 Å². The molecule has 1 aliphatic heterocycles. The highest BCUT2D eigenvalue weighted by molar-refractivity contribution is 6.30. The van der Waals surface area contributed by atoms with Crippen LogP contribution in [0.5, 0.6) is 0 Å². The lowest BCUT2D eigenvalue weighted by Crippen LogP contribution is -2.28. The zero-order valence-electron chi connectivity index (χ0n) is 11.6. The highest BCUT2D eigenvalue weighted by atomic mass is 35.5. The van der Waals surface area contributed by atoms with E-state index in [4.69, 9.17) is 11.6 Å². The van der Waals surface area contributed by atoms with Gasteiger partial charge in [0.1, 0.15) is 0 Å². The van der Waals surface area contributed by atoms with Crippen LogP contribution < -0.4 is 10.2 Å². The van der Waals surface area contributed by atoms with E-state index in [2.05, 4.69) is 27.3 Å². The SMILES string of the molecule is Cc1c(N2CCCNCC2)n[nH]c1-c1ccc(Cl)cc1. The fourth-order valence-electron chi connectivity index (χ4n) is 2.65. The minimum absolute atomic E-state index is 0.754. The summed E-state index contributed by atoms with van der Waals surface area (Å²) in [6.07, 6.45) is 1.16. The van der Waals surface area contributed by atoms with Crippen molar-refractivity contribution in [3.8, 4) is 11.3 Å². The Kier molecular flexibility index (Phi) is 3.94. The van der Waals surface area contributed by atoms with Gasteiger partial charge in [-0.15, -0.1) is 0 Å². The van der Waals surface area contributed by atoms with E-state index in [-0.39, 0.29) is 0 Å². The molecule has 1 saturated heterocycles. The quantitative estimate of drug-likeness (QED) is 0.894. The average molecular weight is 291 g/mol. The van der Waals surface area contributed by atoms with Gasteiger partial charge in [0.05, 0.1) is 5.69 Å². The molecule has 0 spiro atoms. The molecule has 1 aromatic carbocycles. The van der Waals surface area contributed by atoms with E-state index in [1.165, 1.54) is 5.56 Å². The number of halogens is 1. The lowest BCUT2D eigenvalue weighted by molar-refractivity contribution is 0.724. The van der Waals surface area contributed by atoms with Gasteiger partial charge in [0.25, 0.3) is 0 Å². The summed E-state index contributed by atoms with van der Waals surface area (Å²) in [5, 5.41) is 11.9. The molecular formula is C15H19ClN4. The van der Waals surface area contributed by atoms with Gasteiger partial charge in [0, 0.05) is 30.2 Å². The van der Waals surface area contributed by atoms with Crippen LogP contribution in [-0.2, 0) is 0 Å². The van der Waals surface area contributed by atoms with Crippen molar-refractivity contribution >= 4 is 17.4 Å². The highest BCUT2D eigenvalue weighted by Gasteiger charge is 2.17. The standard InChI is InChI=1S/C15H19ClN4/c1-11-14(12-3-5-13(16)6-4-12)18-19-15(11)20-9-2-7-17-8-10-20/h3-6,17H,2,7-10H2,1H3,(H,18,19). The molecule has 2 heterocycles. The number of rotatable bonds is 2. The van der Waals surface area contributed by atoms with E-state index in [1.807, 2.05) is 24.3 Å². The van der Waals surface area contributed by atoms with Crippen molar-refractivity contribution in [2.75, 3.05) is 31.1 Å². The molecule has 2 N–H and O–H groups in total. The smallest absolute Gasteiger partial charge is 0.153 e. The summed E-state index contributed by atoms with van der Waals surface area (Å²) in [5.74, 6) is 1.07. The molecule has 2 aromatic rings. The molecule has 1 aromatic heterocycles. The summed E-state index contributed by atoms with van der Waals surface area (Å²) in [4.78, 5) is 2.35. The molecule has 0 unspecified atom stereocenters. The molecule has 1 fully saturated rings. The number of hydrogen-bond donors (Lipinski definition) is 2. The van der Waals surface area contributed by atoms with E-state index in [1.54, 1.807) is 0 Å². The van der Waals surface area contributed by atoms with Crippen LogP contribution in [0.3, 0.4) is 0 Å². The van der Waals surface area contributed by atoms with E-state index in [9.17, 15) is 0 Å². The van der Waals surface area contributed by atoms with Crippen molar-refractivity contribution in [2.45, 2.75) is 13.3 Å². The largest absolute Gasteiger partial charge is 0.354 e. The maximum absolute atomic E-state index is 5.94. The average Bonchev–Trinajstić information content (AvgIpc) is 2.67. The van der Waals surface area contributed by atoms with Crippen LogP contribution in [0, 0.1) is 6.92 Å². The first-order valence-corrected chi connectivity index (χ1v) is 7.40. The molecule has 3 rings (SSSR count). The summed E-state index contributed by atoms with van der Waals surface area (Å²) >= 11 is 5.94. The van der Waals surface area contributed by atoms with Gasteiger partial charge in [-0.25, -0.2) is 0 Å². The van der Waals surface area contributed by atoms with Gasteiger partial charge in [-0.05, 0) is 37.6 Å². The number of nitrogens with zero attached hydrogens (tertiary/aromatic N) is 2. The molecule has 0 radical (unpaired) electrons. The van der Waals surface area contributed by atoms with Crippen LogP contribution in [0.25, 0.3) is 11.3 Å². The maximum Gasteiger partial charge on any atom is 0.153 e. The summed E-state index contributed by atoms with van der Waals surface area (Å²) in [6.45, 7) is 6.29. The Labute approximate surface area is 124 Å².